The van der Waals surface area contributed by atoms with Gasteiger partial charge < -0.3 is 5.73 Å². The molecule has 0 bridgehead atoms. The molecule has 0 spiro atoms. The molecule has 0 amide bonds. The molecule has 2 nitrogen and oxygen atoms in total. The van der Waals surface area contributed by atoms with Crippen LogP contribution in [0.2, 0.25) is 0 Å². The van der Waals surface area contributed by atoms with Crippen LogP contribution in [0.3, 0.4) is 0 Å². The van der Waals surface area contributed by atoms with Crippen LogP contribution in [0.4, 0.5) is 0 Å². The Hall–Kier alpha value is -1.19. The average Bonchev–Trinajstić information content (AvgIpc) is 2.70. The van der Waals surface area contributed by atoms with Gasteiger partial charge in [0.05, 0.1) is 11.2 Å². The highest BCUT2D eigenvalue weighted by Crippen LogP contribution is 2.29. The molecular weight excluding hydrogens is 240 g/mol. The largest absolute Gasteiger partial charge is 0.320 e. The zero-order valence-electron chi connectivity index (χ0n) is 11.2. The van der Waals surface area contributed by atoms with E-state index in [1.54, 1.807) is 11.3 Å². The van der Waals surface area contributed by atoms with Crippen molar-refractivity contribution >= 4 is 11.3 Å². The van der Waals surface area contributed by atoms with E-state index >= 15 is 0 Å². The highest BCUT2D eigenvalue weighted by Gasteiger charge is 2.25. The van der Waals surface area contributed by atoms with Crippen molar-refractivity contribution in [2.24, 2.45) is 5.73 Å². The summed E-state index contributed by atoms with van der Waals surface area (Å²) in [6, 6.07) is 10.5. The Morgan fingerprint density at radius 3 is 2.44 bits per heavy atom. The maximum atomic E-state index is 6.42. The van der Waals surface area contributed by atoms with Gasteiger partial charge in [0.1, 0.15) is 5.01 Å². The number of aryl methyl sites for hydroxylation is 3. The molecule has 0 aliphatic carbocycles. The zero-order valence-corrected chi connectivity index (χ0v) is 12.1. The van der Waals surface area contributed by atoms with Gasteiger partial charge in [0.2, 0.25) is 0 Å². The molecule has 2 N–H and O–H groups in total. The lowest BCUT2D eigenvalue weighted by molar-refractivity contribution is 0.450. The lowest BCUT2D eigenvalue weighted by Crippen LogP contribution is -2.33. The second kappa shape index (κ2) is 5.21. The third kappa shape index (κ3) is 2.98. The van der Waals surface area contributed by atoms with E-state index in [2.05, 4.69) is 43.1 Å². The van der Waals surface area contributed by atoms with Crippen LogP contribution in [0.1, 0.15) is 34.5 Å². The highest BCUT2D eigenvalue weighted by molar-refractivity contribution is 7.11. The van der Waals surface area contributed by atoms with Gasteiger partial charge in [-0.3, -0.25) is 0 Å². The van der Waals surface area contributed by atoms with Crippen molar-refractivity contribution in [3.63, 3.8) is 0 Å². The average molecular weight is 260 g/mol. The fourth-order valence-corrected chi connectivity index (χ4v) is 2.87. The van der Waals surface area contributed by atoms with Crippen LogP contribution in [0, 0.1) is 13.8 Å². The number of benzene rings is 1. The zero-order chi connectivity index (χ0) is 13.2. The smallest absolute Gasteiger partial charge is 0.113 e. The van der Waals surface area contributed by atoms with Crippen molar-refractivity contribution in [1.29, 1.82) is 0 Å². The SMILES string of the molecule is Cc1nc(C(C)(N)CCc2ccccc2)sc1C. The summed E-state index contributed by atoms with van der Waals surface area (Å²) >= 11 is 1.72. The maximum absolute atomic E-state index is 6.42. The summed E-state index contributed by atoms with van der Waals surface area (Å²) in [4.78, 5) is 5.85. The Bertz CT molecular complexity index is 495. The number of rotatable bonds is 4. The molecule has 0 radical (unpaired) electrons. The first kappa shape index (κ1) is 13.2. The van der Waals surface area contributed by atoms with Crippen LogP contribution in [-0.2, 0) is 12.0 Å². The molecule has 0 saturated heterocycles. The second-order valence-corrected chi connectivity index (χ2v) is 6.27. The summed E-state index contributed by atoms with van der Waals surface area (Å²) in [5.41, 5.74) is 8.52. The highest BCUT2D eigenvalue weighted by atomic mass is 32.1. The van der Waals surface area contributed by atoms with Crippen LogP contribution < -0.4 is 5.73 Å². The molecule has 1 aromatic carbocycles. The summed E-state index contributed by atoms with van der Waals surface area (Å²) in [5, 5.41) is 1.05. The Morgan fingerprint density at radius 2 is 1.89 bits per heavy atom. The number of aromatic nitrogens is 1. The maximum Gasteiger partial charge on any atom is 0.113 e. The van der Waals surface area contributed by atoms with Crippen LogP contribution in [0.15, 0.2) is 30.3 Å². The summed E-state index contributed by atoms with van der Waals surface area (Å²) in [6.07, 6.45) is 1.91. The van der Waals surface area contributed by atoms with Gasteiger partial charge in [-0.05, 0) is 39.2 Å². The van der Waals surface area contributed by atoms with Crippen molar-refractivity contribution in [2.75, 3.05) is 0 Å². The molecule has 0 aliphatic rings. The number of nitrogens with zero attached hydrogens (tertiary/aromatic N) is 1. The lowest BCUT2D eigenvalue weighted by atomic mass is 9.95. The lowest BCUT2D eigenvalue weighted by Gasteiger charge is -2.21. The van der Waals surface area contributed by atoms with Crippen LogP contribution in [0.25, 0.3) is 0 Å². The van der Waals surface area contributed by atoms with Gasteiger partial charge >= 0.3 is 0 Å². The predicted molar refractivity (Wildman–Crippen MR) is 77.9 cm³/mol. The molecule has 1 aromatic heterocycles. The number of nitrogens with two attached hydrogens (primary N) is 1. The standard InChI is InChI=1S/C15H20N2S/c1-11-12(2)18-14(17-11)15(3,16)10-9-13-7-5-4-6-8-13/h4-8H,9-10,16H2,1-3H3. The van der Waals surface area contributed by atoms with Crippen molar-refractivity contribution in [2.45, 2.75) is 39.2 Å². The number of hydrogen-bond acceptors (Lipinski definition) is 3. The van der Waals surface area contributed by atoms with Crippen molar-refractivity contribution in [3.8, 4) is 0 Å². The van der Waals surface area contributed by atoms with Crippen LogP contribution >= 0.6 is 11.3 Å². The summed E-state index contributed by atoms with van der Waals surface area (Å²) < 4.78 is 0. The number of thiazole rings is 1. The normalized spacial score (nSPS) is 14.4. The minimum absolute atomic E-state index is 0.334. The van der Waals surface area contributed by atoms with E-state index in [0.29, 0.717) is 0 Å². The fourth-order valence-electron chi connectivity index (χ4n) is 1.87. The molecule has 96 valence electrons. The van der Waals surface area contributed by atoms with Crippen molar-refractivity contribution < 1.29 is 0 Å². The molecule has 2 rings (SSSR count). The first-order valence-electron chi connectivity index (χ1n) is 6.26. The van der Waals surface area contributed by atoms with Gasteiger partial charge in [-0.25, -0.2) is 4.98 Å². The van der Waals surface area contributed by atoms with Gasteiger partial charge in [0.15, 0.2) is 0 Å². The van der Waals surface area contributed by atoms with Gasteiger partial charge in [0.25, 0.3) is 0 Å². The molecule has 3 heteroatoms. The Balaban J connectivity index is 2.07. The van der Waals surface area contributed by atoms with E-state index in [4.69, 9.17) is 5.73 Å². The van der Waals surface area contributed by atoms with Crippen LogP contribution in [0.5, 0.6) is 0 Å². The van der Waals surface area contributed by atoms with Gasteiger partial charge in [-0.15, -0.1) is 11.3 Å². The molecule has 1 atom stereocenters. The number of hydrogen-bond donors (Lipinski definition) is 1. The first-order valence-corrected chi connectivity index (χ1v) is 7.08. The van der Waals surface area contributed by atoms with E-state index in [9.17, 15) is 0 Å². The summed E-state index contributed by atoms with van der Waals surface area (Å²) in [6.45, 7) is 6.22. The predicted octanol–water partition coefficient (Wildman–Crippen LogP) is 3.57. The summed E-state index contributed by atoms with van der Waals surface area (Å²) in [7, 11) is 0. The fraction of sp³-hybridized carbons (Fsp3) is 0.400. The molecule has 2 aromatic rings. The quantitative estimate of drug-likeness (QED) is 0.912. The first-order chi connectivity index (χ1) is 8.49. The molecule has 0 aliphatic heterocycles. The molecule has 0 fully saturated rings. The minimum Gasteiger partial charge on any atom is -0.320 e. The third-order valence-corrected chi connectivity index (χ3v) is 4.65. The minimum atomic E-state index is -0.334. The van der Waals surface area contributed by atoms with Gasteiger partial charge in [0, 0.05) is 4.88 Å². The van der Waals surface area contributed by atoms with E-state index in [1.807, 2.05) is 13.0 Å². The Morgan fingerprint density at radius 1 is 1.22 bits per heavy atom. The van der Waals surface area contributed by atoms with Crippen molar-refractivity contribution in [3.05, 3.63) is 51.5 Å². The van der Waals surface area contributed by atoms with E-state index in [1.165, 1.54) is 10.4 Å². The molecule has 0 saturated carbocycles. The van der Waals surface area contributed by atoms with Gasteiger partial charge in [-0.1, -0.05) is 30.3 Å². The monoisotopic (exact) mass is 260 g/mol. The molecule has 18 heavy (non-hydrogen) atoms. The Kier molecular flexibility index (Phi) is 3.83. The van der Waals surface area contributed by atoms with E-state index < -0.39 is 0 Å². The van der Waals surface area contributed by atoms with E-state index in [0.717, 1.165) is 23.5 Å². The van der Waals surface area contributed by atoms with E-state index in [-0.39, 0.29) is 5.54 Å². The Labute approximate surface area is 113 Å². The molecule has 1 unspecified atom stereocenters. The van der Waals surface area contributed by atoms with Crippen molar-refractivity contribution in [1.82, 2.24) is 4.98 Å². The molecular formula is C15H20N2S. The molecule has 1 heterocycles. The topological polar surface area (TPSA) is 38.9 Å². The van der Waals surface area contributed by atoms with Gasteiger partial charge in [-0.2, -0.15) is 0 Å². The second-order valence-electron chi connectivity index (χ2n) is 5.06. The summed E-state index contributed by atoms with van der Waals surface area (Å²) in [5.74, 6) is 0. The third-order valence-electron chi connectivity index (χ3n) is 3.29. The van der Waals surface area contributed by atoms with Crippen LogP contribution in [-0.4, -0.2) is 4.98 Å².